The van der Waals surface area contributed by atoms with Crippen molar-refractivity contribution in [2.75, 3.05) is 6.61 Å². The Labute approximate surface area is 136 Å². The molecule has 0 fully saturated rings. The third-order valence-electron chi connectivity index (χ3n) is 3.36. The molecule has 0 aliphatic heterocycles. The van der Waals surface area contributed by atoms with Crippen LogP contribution in [0.2, 0.25) is 0 Å². The van der Waals surface area contributed by atoms with Gasteiger partial charge in [-0.3, -0.25) is 4.79 Å². The van der Waals surface area contributed by atoms with E-state index in [4.69, 9.17) is 9.15 Å². The number of carbonyl (C=O) groups excluding carboxylic acids is 1. The van der Waals surface area contributed by atoms with Crippen LogP contribution in [0.4, 0.5) is 0 Å². The number of hydrazone groups is 1. The van der Waals surface area contributed by atoms with Crippen molar-refractivity contribution >= 4 is 12.1 Å². The topological polar surface area (TPSA) is 63.8 Å². The molecule has 1 aromatic heterocycles. The molecule has 0 aliphatic rings. The lowest BCUT2D eigenvalue weighted by Gasteiger charge is -2.06. The van der Waals surface area contributed by atoms with Crippen LogP contribution in [0, 0.1) is 6.92 Å². The first-order valence-electron chi connectivity index (χ1n) is 7.81. The minimum atomic E-state index is -0.292. The van der Waals surface area contributed by atoms with E-state index in [0.717, 1.165) is 17.7 Å². The molecule has 0 saturated carbocycles. The summed E-state index contributed by atoms with van der Waals surface area (Å²) < 4.78 is 10.8. The van der Waals surface area contributed by atoms with E-state index in [1.165, 1.54) is 19.1 Å². The lowest BCUT2D eigenvalue weighted by atomic mass is 10.2. The van der Waals surface area contributed by atoms with Gasteiger partial charge in [0.2, 0.25) is 0 Å². The number of carbonyl (C=O) groups is 1. The van der Waals surface area contributed by atoms with Crippen LogP contribution in [0.3, 0.4) is 0 Å². The number of rotatable bonds is 8. The van der Waals surface area contributed by atoms with E-state index in [0.29, 0.717) is 17.9 Å². The monoisotopic (exact) mass is 314 g/mol. The van der Waals surface area contributed by atoms with Gasteiger partial charge in [-0.25, -0.2) is 5.43 Å². The van der Waals surface area contributed by atoms with Gasteiger partial charge in [0, 0.05) is 0 Å². The highest BCUT2D eigenvalue weighted by Gasteiger charge is 2.09. The van der Waals surface area contributed by atoms with Gasteiger partial charge >= 0.3 is 0 Å². The molecular weight excluding hydrogens is 292 g/mol. The first-order chi connectivity index (χ1) is 11.2. The molecule has 23 heavy (non-hydrogen) atoms. The molecule has 0 aliphatic carbocycles. The maximum absolute atomic E-state index is 11.9. The van der Waals surface area contributed by atoms with Crippen molar-refractivity contribution in [2.45, 2.75) is 33.1 Å². The van der Waals surface area contributed by atoms with E-state index in [2.05, 4.69) is 17.5 Å². The summed E-state index contributed by atoms with van der Waals surface area (Å²) in [5.74, 6) is 1.08. The predicted octanol–water partition coefficient (Wildman–Crippen LogP) is 3.92. The molecule has 0 unspecified atom stereocenters. The molecule has 5 nitrogen and oxygen atoms in total. The van der Waals surface area contributed by atoms with Crippen molar-refractivity contribution in [2.24, 2.45) is 5.10 Å². The fourth-order valence-corrected chi connectivity index (χ4v) is 2.07. The van der Waals surface area contributed by atoms with E-state index in [9.17, 15) is 4.79 Å². The zero-order chi connectivity index (χ0) is 16.5. The predicted molar refractivity (Wildman–Crippen MR) is 90.0 cm³/mol. The quantitative estimate of drug-likeness (QED) is 0.456. The zero-order valence-electron chi connectivity index (χ0n) is 13.5. The van der Waals surface area contributed by atoms with Crippen molar-refractivity contribution < 1.29 is 13.9 Å². The van der Waals surface area contributed by atoms with Crippen molar-refractivity contribution in [3.8, 4) is 5.75 Å². The summed E-state index contributed by atoms with van der Waals surface area (Å²) in [5, 5.41) is 3.97. The summed E-state index contributed by atoms with van der Waals surface area (Å²) in [6.45, 7) is 4.61. The molecular formula is C18H22N2O3. The van der Waals surface area contributed by atoms with Gasteiger partial charge in [0.05, 0.1) is 24.6 Å². The number of furan rings is 1. The number of ether oxygens (including phenoxy) is 1. The Kier molecular flexibility index (Phi) is 6.41. The van der Waals surface area contributed by atoms with E-state index in [1.807, 2.05) is 24.3 Å². The summed E-state index contributed by atoms with van der Waals surface area (Å²) in [5.41, 5.74) is 3.83. The van der Waals surface area contributed by atoms with Crippen LogP contribution in [-0.2, 0) is 0 Å². The van der Waals surface area contributed by atoms with E-state index in [-0.39, 0.29) is 5.91 Å². The van der Waals surface area contributed by atoms with Gasteiger partial charge in [-0.1, -0.05) is 31.9 Å². The van der Waals surface area contributed by atoms with Gasteiger partial charge in [0.25, 0.3) is 5.91 Å². The first-order valence-corrected chi connectivity index (χ1v) is 7.81. The highest BCUT2D eigenvalue weighted by Crippen LogP contribution is 2.13. The number of hydrogen-bond acceptors (Lipinski definition) is 4. The van der Waals surface area contributed by atoms with E-state index >= 15 is 0 Å². The SMILES string of the molecule is CCCCCOc1cccc(C=NNC(=O)c2ccoc2C)c1. The molecule has 2 aromatic rings. The number of benzene rings is 1. The summed E-state index contributed by atoms with van der Waals surface area (Å²) in [4.78, 5) is 11.9. The molecule has 1 aromatic carbocycles. The smallest absolute Gasteiger partial charge is 0.274 e. The van der Waals surface area contributed by atoms with Gasteiger partial charge < -0.3 is 9.15 Å². The zero-order valence-corrected chi connectivity index (χ0v) is 13.5. The molecule has 0 bridgehead atoms. The number of unbranched alkanes of at least 4 members (excludes halogenated alkanes) is 2. The molecule has 0 radical (unpaired) electrons. The van der Waals surface area contributed by atoms with Crippen LogP contribution in [0.5, 0.6) is 5.75 Å². The van der Waals surface area contributed by atoms with Crippen LogP contribution >= 0.6 is 0 Å². The van der Waals surface area contributed by atoms with Crippen molar-refractivity contribution in [3.63, 3.8) is 0 Å². The molecule has 0 atom stereocenters. The van der Waals surface area contributed by atoms with Crippen molar-refractivity contribution in [1.82, 2.24) is 5.43 Å². The second-order valence-electron chi connectivity index (χ2n) is 5.22. The minimum absolute atomic E-state index is 0.292. The normalized spacial score (nSPS) is 10.9. The van der Waals surface area contributed by atoms with Crippen molar-refractivity contribution in [3.05, 3.63) is 53.5 Å². The molecule has 1 amide bonds. The maximum atomic E-state index is 11.9. The fourth-order valence-electron chi connectivity index (χ4n) is 2.07. The Morgan fingerprint density at radius 2 is 2.22 bits per heavy atom. The van der Waals surface area contributed by atoms with Crippen LogP contribution in [0.15, 0.2) is 46.1 Å². The molecule has 122 valence electrons. The van der Waals surface area contributed by atoms with Crippen LogP contribution < -0.4 is 10.2 Å². The highest BCUT2D eigenvalue weighted by molar-refractivity contribution is 5.95. The average Bonchev–Trinajstić information content (AvgIpc) is 2.98. The maximum Gasteiger partial charge on any atom is 0.274 e. The average molecular weight is 314 g/mol. The van der Waals surface area contributed by atoms with Gasteiger partial charge in [-0.15, -0.1) is 0 Å². The standard InChI is InChI=1S/C18H22N2O3/c1-3-4-5-10-23-16-8-6-7-15(12-16)13-19-20-18(21)17-9-11-22-14(17)2/h6-9,11-13H,3-5,10H2,1-2H3,(H,20,21). The Bertz CT molecular complexity index is 662. The van der Waals surface area contributed by atoms with Gasteiger partial charge in [0.15, 0.2) is 0 Å². The molecule has 1 N–H and O–H groups in total. The molecule has 1 heterocycles. The second-order valence-corrected chi connectivity index (χ2v) is 5.22. The highest BCUT2D eigenvalue weighted by atomic mass is 16.5. The Hall–Kier alpha value is -2.56. The van der Waals surface area contributed by atoms with Crippen LogP contribution in [0.25, 0.3) is 0 Å². The summed E-state index contributed by atoms with van der Waals surface area (Å²) >= 11 is 0. The van der Waals surface area contributed by atoms with Gasteiger partial charge in [0.1, 0.15) is 11.5 Å². The lowest BCUT2D eigenvalue weighted by molar-refractivity contribution is 0.0953. The summed E-state index contributed by atoms with van der Waals surface area (Å²) in [7, 11) is 0. The number of aryl methyl sites for hydroxylation is 1. The number of nitrogens with zero attached hydrogens (tertiary/aromatic N) is 1. The number of amides is 1. The molecule has 0 saturated heterocycles. The molecule has 0 spiro atoms. The van der Waals surface area contributed by atoms with E-state index < -0.39 is 0 Å². The minimum Gasteiger partial charge on any atom is -0.494 e. The third-order valence-corrected chi connectivity index (χ3v) is 3.36. The largest absolute Gasteiger partial charge is 0.494 e. The third kappa shape index (κ3) is 5.29. The summed E-state index contributed by atoms with van der Waals surface area (Å²) in [6, 6.07) is 9.22. The second kappa shape index (κ2) is 8.78. The summed E-state index contributed by atoms with van der Waals surface area (Å²) in [6.07, 6.45) is 6.46. The fraction of sp³-hybridized carbons (Fsp3) is 0.333. The number of nitrogens with one attached hydrogen (secondary N) is 1. The molecule has 2 rings (SSSR count). The van der Waals surface area contributed by atoms with Crippen LogP contribution in [0.1, 0.15) is 47.9 Å². The first kappa shape index (κ1) is 16.8. The lowest BCUT2D eigenvalue weighted by Crippen LogP contribution is -2.17. The van der Waals surface area contributed by atoms with Crippen LogP contribution in [-0.4, -0.2) is 18.7 Å². The van der Waals surface area contributed by atoms with E-state index in [1.54, 1.807) is 19.2 Å². The Balaban J connectivity index is 1.87. The van der Waals surface area contributed by atoms with Gasteiger partial charge in [-0.2, -0.15) is 5.10 Å². The van der Waals surface area contributed by atoms with Gasteiger partial charge in [-0.05, 0) is 37.1 Å². The van der Waals surface area contributed by atoms with Crippen molar-refractivity contribution in [1.29, 1.82) is 0 Å². The Morgan fingerprint density at radius 1 is 1.35 bits per heavy atom. The number of hydrogen-bond donors (Lipinski definition) is 1. The Morgan fingerprint density at radius 3 is 2.96 bits per heavy atom. The molecule has 5 heteroatoms.